The Balaban J connectivity index is 1.23. The van der Waals surface area contributed by atoms with Gasteiger partial charge in [-0.05, 0) is 81.7 Å². The molecule has 6 nitrogen and oxygen atoms in total. The molecule has 0 aliphatic heterocycles. The van der Waals surface area contributed by atoms with Gasteiger partial charge in [-0.15, -0.1) is 0 Å². The van der Waals surface area contributed by atoms with E-state index in [2.05, 4.69) is 81.1 Å². The van der Waals surface area contributed by atoms with Crippen LogP contribution in [0.3, 0.4) is 0 Å². The summed E-state index contributed by atoms with van der Waals surface area (Å²) in [6, 6.07) is 20.9. The van der Waals surface area contributed by atoms with Crippen molar-refractivity contribution in [1.82, 2.24) is 30.4 Å². The monoisotopic (exact) mass is 472 g/mol. The fourth-order valence-electron chi connectivity index (χ4n) is 5.68. The molecule has 0 saturated heterocycles. The van der Waals surface area contributed by atoms with Crippen molar-refractivity contribution in [2.75, 3.05) is 0 Å². The fraction of sp³-hybridized carbons (Fsp3) is 0.267. The van der Waals surface area contributed by atoms with Gasteiger partial charge in [-0.2, -0.15) is 10.2 Å². The standard InChI is InChI=1S/C30H28N6/c1-3-12-25-21(10-1)29(35-33-25)27-16-6-14-23(31-27)19-8-5-9-20(18-19)24-15-7-17-28(32-24)30-22-11-2-4-13-26(22)34-36-30/h5-9,14-18H,1-4,10-13H2,(H,33,35)(H,34,36). The molecular formula is C30H28N6. The normalized spacial score (nSPS) is 14.9. The van der Waals surface area contributed by atoms with E-state index >= 15 is 0 Å². The number of H-pyrrole nitrogens is 2. The van der Waals surface area contributed by atoms with E-state index in [1.807, 2.05) is 0 Å². The summed E-state index contributed by atoms with van der Waals surface area (Å²) in [7, 11) is 0. The lowest BCUT2D eigenvalue weighted by Crippen LogP contribution is -2.01. The second-order valence-electron chi connectivity index (χ2n) is 9.87. The SMILES string of the molecule is c1cc(-c2cccc(-c3n[nH]c4c3CCCC4)n2)cc(-c2cccc(-c3n[nH]c4c3CCCC4)n2)c1. The van der Waals surface area contributed by atoms with E-state index in [4.69, 9.17) is 9.97 Å². The Labute approximate surface area is 210 Å². The van der Waals surface area contributed by atoms with Crippen molar-refractivity contribution in [1.29, 1.82) is 0 Å². The smallest absolute Gasteiger partial charge is 0.114 e. The number of fused-ring (bicyclic) bond motifs is 2. The van der Waals surface area contributed by atoms with Crippen LogP contribution in [0.5, 0.6) is 0 Å². The maximum atomic E-state index is 5.02. The average Bonchev–Trinajstić information content (AvgIpc) is 3.58. The molecule has 1 aromatic carbocycles. The Hall–Kier alpha value is -4.06. The van der Waals surface area contributed by atoms with Crippen molar-refractivity contribution < 1.29 is 0 Å². The van der Waals surface area contributed by atoms with Crippen LogP contribution in [-0.2, 0) is 25.7 Å². The van der Waals surface area contributed by atoms with Crippen molar-refractivity contribution >= 4 is 0 Å². The molecule has 36 heavy (non-hydrogen) atoms. The minimum absolute atomic E-state index is 0.931. The topological polar surface area (TPSA) is 83.1 Å². The Morgan fingerprint density at radius 2 is 0.944 bits per heavy atom. The second-order valence-corrected chi connectivity index (χ2v) is 9.87. The van der Waals surface area contributed by atoms with Gasteiger partial charge in [0.15, 0.2) is 0 Å². The zero-order valence-corrected chi connectivity index (χ0v) is 20.2. The molecule has 2 N–H and O–H groups in total. The molecule has 5 aromatic rings. The van der Waals surface area contributed by atoms with Gasteiger partial charge in [0.1, 0.15) is 11.4 Å². The molecular weight excluding hydrogens is 444 g/mol. The lowest BCUT2D eigenvalue weighted by molar-refractivity contribution is 0.675. The van der Waals surface area contributed by atoms with E-state index in [0.717, 1.165) is 71.0 Å². The van der Waals surface area contributed by atoms with Gasteiger partial charge in [0.25, 0.3) is 0 Å². The molecule has 0 saturated carbocycles. The molecule has 4 aromatic heterocycles. The number of nitrogens with zero attached hydrogens (tertiary/aromatic N) is 4. The lowest BCUT2D eigenvalue weighted by Gasteiger charge is -2.12. The van der Waals surface area contributed by atoms with Crippen LogP contribution in [0.4, 0.5) is 0 Å². The first kappa shape index (κ1) is 21.2. The number of nitrogens with one attached hydrogen (secondary N) is 2. The van der Waals surface area contributed by atoms with Crippen LogP contribution in [0.25, 0.3) is 45.3 Å². The molecule has 6 heteroatoms. The Kier molecular flexibility index (Phi) is 5.23. The first-order valence-corrected chi connectivity index (χ1v) is 13.0. The summed E-state index contributed by atoms with van der Waals surface area (Å²) in [6.45, 7) is 0. The van der Waals surface area contributed by atoms with Crippen LogP contribution < -0.4 is 0 Å². The zero-order chi connectivity index (χ0) is 23.9. The number of rotatable bonds is 4. The molecule has 0 bridgehead atoms. The lowest BCUT2D eigenvalue weighted by atomic mass is 9.94. The summed E-state index contributed by atoms with van der Waals surface area (Å²) < 4.78 is 0. The summed E-state index contributed by atoms with van der Waals surface area (Å²) in [5.41, 5.74) is 13.1. The Morgan fingerprint density at radius 1 is 0.500 bits per heavy atom. The Morgan fingerprint density at radius 3 is 1.47 bits per heavy atom. The summed E-state index contributed by atoms with van der Waals surface area (Å²) in [5.74, 6) is 0. The van der Waals surface area contributed by atoms with E-state index in [-0.39, 0.29) is 0 Å². The first-order chi connectivity index (χ1) is 17.8. The third-order valence-corrected chi connectivity index (χ3v) is 7.55. The van der Waals surface area contributed by atoms with Crippen molar-refractivity contribution in [3.63, 3.8) is 0 Å². The van der Waals surface area contributed by atoms with Crippen LogP contribution in [0, 0.1) is 0 Å². The highest BCUT2D eigenvalue weighted by Gasteiger charge is 2.20. The highest BCUT2D eigenvalue weighted by atomic mass is 15.1. The predicted molar refractivity (Wildman–Crippen MR) is 141 cm³/mol. The number of hydrogen-bond donors (Lipinski definition) is 2. The quantitative estimate of drug-likeness (QED) is 0.319. The largest absolute Gasteiger partial charge is 0.282 e. The number of aromatic nitrogens is 6. The molecule has 0 unspecified atom stereocenters. The van der Waals surface area contributed by atoms with Gasteiger partial charge in [0.2, 0.25) is 0 Å². The zero-order valence-electron chi connectivity index (χ0n) is 20.2. The fourth-order valence-corrected chi connectivity index (χ4v) is 5.68. The minimum atomic E-state index is 0.931. The molecule has 7 rings (SSSR count). The highest BCUT2D eigenvalue weighted by Crippen LogP contribution is 2.32. The maximum Gasteiger partial charge on any atom is 0.114 e. The maximum absolute atomic E-state index is 5.02. The molecule has 0 atom stereocenters. The minimum Gasteiger partial charge on any atom is -0.282 e. The number of aryl methyl sites for hydroxylation is 2. The second kappa shape index (κ2) is 8.86. The molecule has 2 aliphatic rings. The number of pyridine rings is 2. The molecule has 0 fully saturated rings. The average molecular weight is 473 g/mol. The van der Waals surface area contributed by atoms with Crippen molar-refractivity contribution in [2.24, 2.45) is 0 Å². The molecule has 0 spiro atoms. The van der Waals surface area contributed by atoms with Gasteiger partial charge in [-0.3, -0.25) is 10.2 Å². The summed E-state index contributed by atoms with van der Waals surface area (Å²) in [4.78, 5) is 10.0. The van der Waals surface area contributed by atoms with Crippen LogP contribution >= 0.6 is 0 Å². The third-order valence-electron chi connectivity index (χ3n) is 7.55. The Bertz CT molecular complexity index is 1450. The van der Waals surface area contributed by atoms with Gasteiger partial charge in [0.05, 0.1) is 22.8 Å². The molecule has 2 aliphatic carbocycles. The van der Waals surface area contributed by atoms with Crippen molar-refractivity contribution in [2.45, 2.75) is 51.4 Å². The number of aromatic amines is 2. The summed E-state index contributed by atoms with van der Waals surface area (Å²) in [5, 5.41) is 15.7. The van der Waals surface area contributed by atoms with Gasteiger partial charge < -0.3 is 0 Å². The van der Waals surface area contributed by atoms with Crippen molar-refractivity contribution in [3.05, 3.63) is 83.2 Å². The highest BCUT2D eigenvalue weighted by molar-refractivity contribution is 5.73. The number of hydrogen-bond acceptors (Lipinski definition) is 4. The van der Waals surface area contributed by atoms with Gasteiger partial charge in [0, 0.05) is 33.6 Å². The summed E-state index contributed by atoms with van der Waals surface area (Å²) in [6.07, 6.45) is 9.20. The van der Waals surface area contributed by atoms with E-state index in [1.165, 1.54) is 48.2 Å². The van der Waals surface area contributed by atoms with Crippen LogP contribution in [0.1, 0.15) is 48.2 Å². The first-order valence-electron chi connectivity index (χ1n) is 13.0. The van der Waals surface area contributed by atoms with Crippen LogP contribution in [-0.4, -0.2) is 30.4 Å². The molecule has 4 heterocycles. The molecule has 0 radical (unpaired) electrons. The van der Waals surface area contributed by atoms with Gasteiger partial charge in [-0.25, -0.2) is 9.97 Å². The van der Waals surface area contributed by atoms with E-state index in [9.17, 15) is 0 Å². The van der Waals surface area contributed by atoms with Gasteiger partial charge in [-0.1, -0.05) is 30.3 Å². The number of benzene rings is 1. The van der Waals surface area contributed by atoms with E-state index in [1.54, 1.807) is 0 Å². The van der Waals surface area contributed by atoms with Crippen LogP contribution in [0.15, 0.2) is 60.7 Å². The molecule has 0 amide bonds. The summed E-state index contributed by atoms with van der Waals surface area (Å²) >= 11 is 0. The van der Waals surface area contributed by atoms with E-state index in [0.29, 0.717) is 0 Å². The third kappa shape index (κ3) is 3.73. The van der Waals surface area contributed by atoms with Crippen LogP contribution in [0.2, 0.25) is 0 Å². The molecule has 178 valence electrons. The van der Waals surface area contributed by atoms with E-state index < -0.39 is 0 Å². The predicted octanol–water partition coefficient (Wildman–Crippen LogP) is 6.35. The van der Waals surface area contributed by atoms with Crippen molar-refractivity contribution in [3.8, 4) is 45.3 Å². The van der Waals surface area contributed by atoms with Gasteiger partial charge >= 0.3 is 0 Å².